The van der Waals surface area contributed by atoms with Crippen molar-refractivity contribution in [2.24, 2.45) is 0 Å². The van der Waals surface area contributed by atoms with Crippen LogP contribution < -0.4 is 10.1 Å². The van der Waals surface area contributed by atoms with Gasteiger partial charge in [0.2, 0.25) is 21.8 Å². The minimum absolute atomic E-state index is 0.0680. The van der Waals surface area contributed by atoms with Crippen LogP contribution in [-0.4, -0.2) is 81.2 Å². The Kier molecular flexibility index (Phi) is 8.65. The van der Waals surface area contributed by atoms with E-state index in [0.29, 0.717) is 18.8 Å². The molecule has 0 aliphatic carbocycles. The van der Waals surface area contributed by atoms with Crippen molar-refractivity contribution >= 4 is 27.5 Å². The van der Waals surface area contributed by atoms with Gasteiger partial charge in [0.15, 0.2) is 0 Å². The minimum atomic E-state index is -3.83. The number of likely N-dealkylation sites (N-methyl/N-ethyl adjacent to an activating group) is 1. The summed E-state index contributed by atoms with van der Waals surface area (Å²) in [6, 6.07) is 13.8. The molecule has 9 nitrogen and oxygen atoms in total. The maximum atomic E-state index is 12.9. The molecule has 3 rings (SSSR count). The highest BCUT2D eigenvalue weighted by atomic mass is 32.2. The lowest BCUT2D eigenvalue weighted by Crippen LogP contribution is -2.42. The molecule has 1 heterocycles. The molecule has 1 fully saturated rings. The lowest BCUT2D eigenvalue weighted by molar-refractivity contribution is -0.131. The summed E-state index contributed by atoms with van der Waals surface area (Å²) in [6.45, 7) is 4.67. The summed E-state index contributed by atoms with van der Waals surface area (Å²) >= 11 is 0. The number of carbonyl (C=O) groups is 2. The van der Waals surface area contributed by atoms with E-state index in [2.05, 4.69) is 10.2 Å². The maximum absolute atomic E-state index is 12.9. The van der Waals surface area contributed by atoms with Crippen LogP contribution in [0.5, 0.6) is 5.75 Å². The first-order valence-electron chi connectivity index (χ1n) is 11.2. The lowest BCUT2D eigenvalue weighted by Gasteiger charge is -2.24. The molecule has 0 aromatic heterocycles. The van der Waals surface area contributed by atoms with Crippen LogP contribution in [0, 0.1) is 0 Å². The number of hydrogen-bond donors (Lipinski definition) is 1. The summed E-state index contributed by atoms with van der Waals surface area (Å²) in [6.07, 6.45) is 0.822. The fraction of sp³-hybridized carbons (Fsp3) is 0.417. The Morgan fingerprint density at radius 1 is 1.00 bits per heavy atom. The number of ether oxygens (including phenoxy) is 1. The molecule has 10 heteroatoms. The van der Waals surface area contributed by atoms with Crippen LogP contribution in [0.25, 0.3) is 0 Å². The summed E-state index contributed by atoms with van der Waals surface area (Å²) in [5.74, 6) is 0.365. The third-order valence-electron chi connectivity index (χ3n) is 5.75. The number of sulfonamides is 1. The van der Waals surface area contributed by atoms with Gasteiger partial charge in [0, 0.05) is 52.4 Å². The Morgan fingerprint density at radius 3 is 2.29 bits per heavy atom. The SMILES string of the molecule is COc1ccc(CN2CCCN(C(=O)CN(C)S(=O)(=O)c3ccc(NC(C)=O)cc3)CC2)cc1. The van der Waals surface area contributed by atoms with Crippen molar-refractivity contribution in [3.63, 3.8) is 0 Å². The standard InChI is InChI=1S/C24H32N4O5S/c1-19(29)25-21-7-11-23(12-8-21)34(31,32)26(2)18-24(30)28-14-4-13-27(15-16-28)17-20-5-9-22(33-3)10-6-20/h5-12H,4,13-18H2,1-3H3,(H,25,29). The molecule has 1 N–H and O–H groups in total. The van der Waals surface area contributed by atoms with Gasteiger partial charge in [-0.1, -0.05) is 12.1 Å². The highest BCUT2D eigenvalue weighted by Crippen LogP contribution is 2.18. The van der Waals surface area contributed by atoms with Gasteiger partial charge in [0.05, 0.1) is 18.6 Å². The number of anilines is 1. The van der Waals surface area contributed by atoms with Crippen LogP contribution in [0.3, 0.4) is 0 Å². The molecule has 2 amide bonds. The maximum Gasteiger partial charge on any atom is 0.243 e. The highest BCUT2D eigenvalue weighted by molar-refractivity contribution is 7.89. The number of amides is 2. The lowest BCUT2D eigenvalue weighted by atomic mass is 10.2. The first-order valence-corrected chi connectivity index (χ1v) is 12.6. The molecule has 1 aliphatic heterocycles. The van der Waals surface area contributed by atoms with E-state index in [1.54, 1.807) is 12.0 Å². The summed E-state index contributed by atoms with van der Waals surface area (Å²) in [5.41, 5.74) is 1.69. The number of hydrogen-bond acceptors (Lipinski definition) is 6. The third kappa shape index (κ3) is 6.78. The number of nitrogens with zero attached hydrogens (tertiary/aromatic N) is 3. The Balaban J connectivity index is 1.55. The molecule has 0 atom stereocenters. The van der Waals surface area contributed by atoms with Crippen molar-refractivity contribution in [2.45, 2.75) is 24.8 Å². The van der Waals surface area contributed by atoms with E-state index < -0.39 is 10.0 Å². The fourth-order valence-corrected chi connectivity index (χ4v) is 4.96. The number of benzene rings is 2. The number of methoxy groups -OCH3 is 1. The zero-order chi connectivity index (χ0) is 24.7. The summed E-state index contributed by atoms with van der Waals surface area (Å²) < 4.78 is 32.1. The van der Waals surface area contributed by atoms with E-state index in [9.17, 15) is 18.0 Å². The molecule has 1 aliphatic rings. The van der Waals surface area contributed by atoms with Gasteiger partial charge in [-0.3, -0.25) is 14.5 Å². The number of nitrogens with one attached hydrogen (secondary N) is 1. The second-order valence-corrected chi connectivity index (χ2v) is 10.4. The van der Waals surface area contributed by atoms with Gasteiger partial charge in [-0.25, -0.2) is 8.42 Å². The average Bonchev–Trinajstić information content (AvgIpc) is 3.05. The molecule has 1 saturated heterocycles. The molecule has 0 radical (unpaired) electrons. The van der Waals surface area contributed by atoms with Gasteiger partial charge in [0.25, 0.3) is 0 Å². The van der Waals surface area contributed by atoms with Crippen LogP contribution in [0.15, 0.2) is 53.4 Å². The van der Waals surface area contributed by atoms with Crippen molar-refractivity contribution in [1.82, 2.24) is 14.1 Å². The van der Waals surface area contributed by atoms with Crippen molar-refractivity contribution in [3.8, 4) is 5.75 Å². The van der Waals surface area contributed by atoms with Crippen molar-refractivity contribution < 1.29 is 22.7 Å². The summed E-state index contributed by atoms with van der Waals surface area (Å²) in [5, 5.41) is 2.60. The number of rotatable bonds is 8. The van der Waals surface area contributed by atoms with E-state index in [1.807, 2.05) is 24.3 Å². The van der Waals surface area contributed by atoms with E-state index in [4.69, 9.17) is 4.74 Å². The molecule has 0 saturated carbocycles. The van der Waals surface area contributed by atoms with Crippen LogP contribution >= 0.6 is 0 Å². The largest absolute Gasteiger partial charge is 0.497 e. The monoisotopic (exact) mass is 488 g/mol. The third-order valence-corrected chi connectivity index (χ3v) is 7.56. The molecule has 0 spiro atoms. The van der Waals surface area contributed by atoms with Gasteiger partial charge in [-0.15, -0.1) is 0 Å². The van der Waals surface area contributed by atoms with Gasteiger partial charge >= 0.3 is 0 Å². The van der Waals surface area contributed by atoms with Gasteiger partial charge in [-0.05, 0) is 48.4 Å². The Morgan fingerprint density at radius 2 is 1.68 bits per heavy atom. The first kappa shape index (κ1) is 25.7. The minimum Gasteiger partial charge on any atom is -0.497 e. The quantitative estimate of drug-likeness (QED) is 0.610. The molecule has 184 valence electrons. The highest BCUT2D eigenvalue weighted by Gasteiger charge is 2.26. The topological polar surface area (TPSA) is 99.3 Å². The van der Waals surface area contributed by atoms with E-state index in [0.717, 1.165) is 36.1 Å². The summed E-state index contributed by atoms with van der Waals surface area (Å²) in [4.78, 5) is 28.1. The average molecular weight is 489 g/mol. The molecule has 0 unspecified atom stereocenters. The Hall–Kier alpha value is -2.95. The Labute approximate surface area is 201 Å². The van der Waals surface area contributed by atoms with Gasteiger partial charge < -0.3 is 15.0 Å². The van der Waals surface area contributed by atoms with E-state index in [1.165, 1.54) is 43.8 Å². The van der Waals surface area contributed by atoms with Crippen molar-refractivity contribution in [1.29, 1.82) is 0 Å². The van der Waals surface area contributed by atoms with E-state index in [-0.39, 0.29) is 23.3 Å². The molecule has 0 bridgehead atoms. The molecular formula is C24H32N4O5S. The molecular weight excluding hydrogens is 456 g/mol. The summed E-state index contributed by atoms with van der Waals surface area (Å²) in [7, 11) is -0.785. The first-order chi connectivity index (χ1) is 16.2. The normalized spacial score (nSPS) is 15.1. The van der Waals surface area contributed by atoms with E-state index >= 15 is 0 Å². The predicted octanol–water partition coefficient (Wildman–Crippen LogP) is 2.01. The van der Waals surface area contributed by atoms with Crippen LogP contribution in [0.4, 0.5) is 5.69 Å². The van der Waals surface area contributed by atoms with Crippen molar-refractivity contribution in [2.75, 3.05) is 52.2 Å². The zero-order valence-corrected chi connectivity index (χ0v) is 20.7. The van der Waals surface area contributed by atoms with Crippen LogP contribution in [-0.2, 0) is 26.2 Å². The molecule has 2 aromatic rings. The van der Waals surface area contributed by atoms with Crippen LogP contribution in [0.2, 0.25) is 0 Å². The smallest absolute Gasteiger partial charge is 0.243 e. The molecule has 2 aromatic carbocycles. The number of carbonyl (C=O) groups excluding carboxylic acids is 2. The van der Waals surface area contributed by atoms with Gasteiger partial charge in [-0.2, -0.15) is 4.31 Å². The van der Waals surface area contributed by atoms with Crippen molar-refractivity contribution in [3.05, 3.63) is 54.1 Å². The second kappa shape index (κ2) is 11.5. The van der Waals surface area contributed by atoms with Gasteiger partial charge in [0.1, 0.15) is 5.75 Å². The van der Waals surface area contributed by atoms with Crippen LogP contribution in [0.1, 0.15) is 18.9 Å². The predicted molar refractivity (Wildman–Crippen MR) is 130 cm³/mol. The Bertz CT molecular complexity index is 1090. The fourth-order valence-electron chi connectivity index (χ4n) is 3.84. The zero-order valence-electron chi connectivity index (χ0n) is 19.9. The second-order valence-electron chi connectivity index (χ2n) is 8.33. The molecule has 34 heavy (non-hydrogen) atoms.